The van der Waals surface area contributed by atoms with Gasteiger partial charge in [-0.05, 0) is 36.4 Å². The highest BCUT2D eigenvalue weighted by atomic mass is 16.5. The van der Waals surface area contributed by atoms with E-state index in [9.17, 15) is 4.79 Å². The van der Waals surface area contributed by atoms with E-state index in [1.807, 2.05) is 0 Å². The molecule has 26 heavy (non-hydrogen) atoms. The largest absolute Gasteiger partial charge is 0.379 e. The molecule has 0 bridgehead atoms. The maximum Gasteiger partial charge on any atom is 0.271 e. The minimum atomic E-state index is -0.240. The summed E-state index contributed by atoms with van der Waals surface area (Å²) >= 11 is 0. The quantitative estimate of drug-likeness (QED) is 0.804. The minimum absolute atomic E-state index is 0.240. The summed E-state index contributed by atoms with van der Waals surface area (Å²) in [4.78, 5) is 14.4. The van der Waals surface area contributed by atoms with Gasteiger partial charge in [-0.2, -0.15) is 5.26 Å². The lowest BCUT2D eigenvalue weighted by atomic mass is 10.2. The van der Waals surface area contributed by atoms with Crippen LogP contribution in [-0.2, 0) is 4.74 Å². The number of ether oxygens (including phenoxy) is 1. The smallest absolute Gasteiger partial charge is 0.271 e. The van der Waals surface area contributed by atoms with Gasteiger partial charge < -0.3 is 15.4 Å². The van der Waals surface area contributed by atoms with Crippen molar-refractivity contribution in [3.05, 3.63) is 47.7 Å². The molecule has 1 aromatic carbocycles. The number of nitrogens with zero attached hydrogens (tertiary/aromatic N) is 4. The third kappa shape index (κ3) is 4.99. The van der Waals surface area contributed by atoms with Crippen molar-refractivity contribution in [3.63, 3.8) is 0 Å². The molecule has 8 nitrogen and oxygen atoms in total. The SMILES string of the molecule is N#Cc1ccc(Nc2ccc(C(=O)NCCN3CCOCC3)nn2)cc1. The van der Waals surface area contributed by atoms with Crippen molar-refractivity contribution in [1.29, 1.82) is 5.26 Å². The third-order valence-electron chi connectivity index (χ3n) is 4.00. The monoisotopic (exact) mass is 352 g/mol. The van der Waals surface area contributed by atoms with Gasteiger partial charge >= 0.3 is 0 Å². The van der Waals surface area contributed by atoms with Crippen LogP contribution in [0.3, 0.4) is 0 Å². The Kier molecular flexibility index (Phi) is 6.09. The van der Waals surface area contributed by atoms with E-state index in [1.165, 1.54) is 0 Å². The van der Waals surface area contributed by atoms with Crippen molar-refractivity contribution >= 4 is 17.4 Å². The van der Waals surface area contributed by atoms with E-state index < -0.39 is 0 Å². The first-order chi connectivity index (χ1) is 12.7. The molecule has 0 saturated carbocycles. The number of nitrogens with one attached hydrogen (secondary N) is 2. The molecule has 0 radical (unpaired) electrons. The van der Waals surface area contributed by atoms with Crippen LogP contribution in [0.1, 0.15) is 16.1 Å². The van der Waals surface area contributed by atoms with Crippen molar-refractivity contribution in [2.45, 2.75) is 0 Å². The summed E-state index contributed by atoms with van der Waals surface area (Å²) in [7, 11) is 0. The number of nitriles is 1. The fourth-order valence-electron chi connectivity index (χ4n) is 2.54. The molecule has 1 aromatic heterocycles. The molecular formula is C18H20N6O2. The summed E-state index contributed by atoms with van der Waals surface area (Å²) < 4.78 is 5.29. The maximum absolute atomic E-state index is 12.1. The molecule has 1 saturated heterocycles. The predicted octanol–water partition coefficient (Wildman–Crippen LogP) is 1.15. The number of morpholine rings is 1. The lowest BCUT2D eigenvalue weighted by molar-refractivity contribution is 0.0383. The summed E-state index contributed by atoms with van der Waals surface area (Å²) in [6.07, 6.45) is 0. The Hall–Kier alpha value is -3.02. The number of anilines is 2. The first-order valence-corrected chi connectivity index (χ1v) is 8.44. The van der Waals surface area contributed by atoms with Gasteiger partial charge in [-0.25, -0.2) is 0 Å². The van der Waals surface area contributed by atoms with Gasteiger partial charge in [0.1, 0.15) is 0 Å². The molecule has 8 heteroatoms. The number of carbonyl (C=O) groups is 1. The number of hydrogen-bond donors (Lipinski definition) is 2. The molecule has 2 aromatic rings. The van der Waals surface area contributed by atoms with Crippen LogP contribution in [0.4, 0.5) is 11.5 Å². The van der Waals surface area contributed by atoms with Crippen molar-refractivity contribution in [1.82, 2.24) is 20.4 Å². The molecule has 2 N–H and O–H groups in total. The van der Waals surface area contributed by atoms with Crippen molar-refractivity contribution < 1.29 is 9.53 Å². The van der Waals surface area contributed by atoms with Gasteiger partial charge in [-0.1, -0.05) is 0 Å². The first-order valence-electron chi connectivity index (χ1n) is 8.44. The van der Waals surface area contributed by atoms with Gasteiger partial charge in [-0.3, -0.25) is 9.69 Å². The van der Waals surface area contributed by atoms with Crippen LogP contribution in [0.5, 0.6) is 0 Å². The van der Waals surface area contributed by atoms with E-state index in [0.29, 0.717) is 17.9 Å². The fourth-order valence-corrected chi connectivity index (χ4v) is 2.54. The van der Waals surface area contributed by atoms with E-state index in [-0.39, 0.29) is 11.6 Å². The molecule has 0 unspecified atom stereocenters. The number of amides is 1. The highest BCUT2D eigenvalue weighted by molar-refractivity contribution is 5.92. The second-order valence-corrected chi connectivity index (χ2v) is 5.83. The van der Waals surface area contributed by atoms with Gasteiger partial charge in [0, 0.05) is 31.9 Å². The Morgan fingerprint density at radius 3 is 2.58 bits per heavy atom. The number of hydrogen-bond acceptors (Lipinski definition) is 7. The molecule has 0 atom stereocenters. The molecule has 134 valence electrons. The Labute approximate surface area is 151 Å². The average Bonchev–Trinajstić information content (AvgIpc) is 2.70. The number of aromatic nitrogens is 2. The summed E-state index contributed by atoms with van der Waals surface area (Å²) in [5, 5.41) is 22.7. The first kappa shape index (κ1) is 17.8. The highest BCUT2D eigenvalue weighted by Crippen LogP contribution is 2.14. The van der Waals surface area contributed by atoms with E-state index in [2.05, 4.69) is 31.8 Å². The molecule has 2 heterocycles. The van der Waals surface area contributed by atoms with Crippen LogP contribution < -0.4 is 10.6 Å². The zero-order valence-electron chi connectivity index (χ0n) is 14.3. The topological polar surface area (TPSA) is 103 Å². The molecule has 3 rings (SSSR count). The number of benzene rings is 1. The van der Waals surface area contributed by atoms with Gasteiger partial charge in [0.15, 0.2) is 11.5 Å². The number of rotatable bonds is 6. The van der Waals surface area contributed by atoms with Gasteiger partial charge in [0.2, 0.25) is 0 Å². The standard InChI is InChI=1S/C18H20N6O2/c19-13-14-1-3-15(4-2-14)21-17-6-5-16(22-23-17)18(25)20-7-8-24-9-11-26-12-10-24/h1-6H,7-12H2,(H,20,25)(H,21,23). The summed E-state index contributed by atoms with van der Waals surface area (Å²) in [6, 6.07) is 12.4. The van der Waals surface area contributed by atoms with Gasteiger partial charge in [-0.15, -0.1) is 10.2 Å². The Balaban J connectivity index is 1.48. The zero-order chi connectivity index (χ0) is 18.2. The molecule has 0 aliphatic carbocycles. The third-order valence-corrected chi connectivity index (χ3v) is 4.00. The van der Waals surface area contributed by atoms with E-state index in [1.54, 1.807) is 36.4 Å². The second-order valence-electron chi connectivity index (χ2n) is 5.83. The molecule has 1 amide bonds. The van der Waals surface area contributed by atoms with Crippen LogP contribution in [0.15, 0.2) is 36.4 Å². The Bertz CT molecular complexity index is 764. The second kappa shape index (κ2) is 8.89. The van der Waals surface area contributed by atoms with Crippen LogP contribution in [-0.4, -0.2) is 60.4 Å². The van der Waals surface area contributed by atoms with Gasteiger partial charge in [0.25, 0.3) is 5.91 Å². The minimum Gasteiger partial charge on any atom is -0.379 e. The molecule has 1 fully saturated rings. The molecular weight excluding hydrogens is 332 g/mol. The van der Waals surface area contributed by atoms with E-state index >= 15 is 0 Å². The highest BCUT2D eigenvalue weighted by Gasteiger charge is 2.12. The Morgan fingerprint density at radius 2 is 1.92 bits per heavy atom. The van der Waals surface area contributed by atoms with Crippen molar-refractivity contribution in [3.8, 4) is 6.07 Å². The van der Waals surface area contributed by atoms with Crippen LogP contribution >= 0.6 is 0 Å². The summed E-state index contributed by atoms with van der Waals surface area (Å²) in [5.41, 5.74) is 1.66. The maximum atomic E-state index is 12.1. The summed E-state index contributed by atoms with van der Waals surface area (Å²) in [6.45, 7) is 4.63. The predicted molar refractivity (Wildman–Crippen MR) is 96.1 cm³/mol. The molecule has 0 spiro atoms. The lowest BCUT2D eigenvalue weighted by Gasteiger charge is -2.26. The normalized spacial score (nSPS) is 14.4. The fraction of sp³-hybridized carbons (Fsp3) is 0.333. The lowest BCUT2D eigenvalue weighted by Crippen LogP contribution is -2.41. The van der Waals surface area contributed by atoms with E-state index in [0.717, 1.165) is 38.5 Å². The van der Waals surface area contributed by atoms with Crippen LogP contribution in [0.2, 0.25) is 0 Å². The zero-order valence-corrected chi connectivity index (χ0v) is 14.3. The molecule has 1 aliphatic heterocycles. The van der Waals surface area contributed by atoms with Crippen molar-refractivity contribution in [2.75, 3.05) is 44.7 Å². The van der Waals surface area contributed by atoms with Gasteiger partial charge in [0.05, 0.1) is 24.8 Å². The average molecular weight is 352 g/mol. The van der Waals surface area contributed by atoms with E-state index in [4.69, 9.17) is 10.00 Å². The van der Waals surface area contributed by atoms with Crippen LogP contribution in [0, 0.1) is 11.3 Å². The summed E-state index contributed by atoms with van der Waals surface area (Å²) in [5.74, 6) is 0.287. The molecule has 1 aliphatic rings. The van der Waals surface area contributed by atoms with Crippen molar-refractivity contribution in [2.24, 2.45) is 0 Å². The van der Waals surface area contributed by atoms with Crippen LogP contribution in [0.25, 0.3) is 0 Å². The number of carbonyl (C=O) groups excluding carboxylic acids is 1. The Morgan fingerprint density at radius 1 is 1.15 bits per heavy atom.